The zero-order chi connectivity index (χ0) is 23.9. The van der Waals surface area contributed by atoms with Crippen LogP contribution in [0.2, 0.25) is 0 Å². The lowest BCUT2D eigenvalue weighted by atomic mass is 9.91. The van der Waals surface area contributed by atoms with Gasteiger partial charge in [-0.15, -0.1) is 0 Å². The predicted molar refractivity (Wildman–Crippen MR) is 139 cm³/mol. The molecule has 35 heavy (non-hydrogen) atoms. The molecular weight excluding hydrogens is 436 g/mol. The van der Waals surface area contributed by atoms with E-state index in [1.54, 1.807) is 12.3 Å². The van der Waals surface area contributed by atoms with Crippen LogP contribution in [-0.4, -0.2) is 48.0 Å². The molecule has 0 unspecified atom stereocenters. The van der Waals surface area contributed by atoms with E-state index in [4.69, 9.17) is 4.74 Å². The summed E-state index contributed by atoms with van der Waals surface area (Å²) in [6.07, 6.45) is 7.04. The molecular formula is C29H28N4O2. The lowest BCUT2D eigenvalue weighted by Crippen LogP contribution is -2.39. The fraction of sp³-hybridized carbons (Fsp3) is 0.241. The number of amides is 1. The van der Waals surface area contributed by atoms with E-state index in [0.29, 0.717) is 13.2 Å². The van der Waals surface area contributed by atoms with Crippen LogP contribution < -0.4 is 9.64 Å². The molecule has 1 amide bonds. The van der Waals surface area contributed by atoms with Gasteiger partial charge in [0.15, 0.2) is 0 Å². The van der Waals surface area contributed by atoms with Gasteiger partial charge in [0.25, 0.3) is 0 Å². The van der Waals surface area contributed by atoms with Crippen LogP contribution >= 0.6 is 0 Å². The van der Waals surface area contributed by atoms with Crippen molar-refractivity contribution in [3.05, 3.63) is 94.8 Å². The molecule has 0 saturated carbocycles. The number of anilines is 1. The third kappa shape index (κ3) is 3.85. The Labute approximate surface area is 204 Å². The van der Waals surface area contributed by atoms with E-state index in [1.807, 2.05) is 54.2 Å². The number of benzene rings is 2. The number of hydrogen-bond acceptors (Lipinski definition) is 4. The smallest absolute Gasteiger partial charge is 0.247 e. The summed E-state index contributed by atoms with van der Waals surface area (Å²) in [5.41, 5.74) is 6.75. The van der Waals surface area contributed by atoms with Crippen LogP contribution in [0.5, 0.6) is 5.75 Å². The van der Waals surface area contributed by atoms with Gasteiger partial charge in [-0.25, -0.2) is 4.98 Å². The zero-order valence-corrected chi connectivity index (χ0v) is 20.0. The molecule has 6 heteroatoms. The minimum Gasteiger partial charge on any atom is -0.493 e. The number of aromatic nitrogens is 2. The summed E-state index contributed by atoms with van der Waals surface area (Å²) < 4.78 is 5.73. The Morgan fingerprint density at radius 3 is 2.86 bits per heavy atom. The van der Waals surface area contributed by atoms with Crippen molar-refractivity contribution in [3.8, 4) is 5.75 Å². The maximum atomic E-state index is 13.6. The van der Waals surface area contributed by atoms with Gasteiger partial charge in [0.2, 0.25) is 5.91 Å². The van der Waals surface area contributed by atoms with E-state index in [2.05, 4.69) is 40.3 Å². The molecule has 0 radical (unpaired) electrons. The van der Waals surface area contributed by atoms with Crippen molar-refractivity contribution < 1.29 is 9.53 Å². The molecule has 2 aliphatic rings. The highest BCUT2D eigenvalue weighted by Crippen LogP contribution is 2.40. The first-order chi connectivity index (χ1) is 17.1. The quantitative estimate of drug-likeness (QED) is 0.443. The standard InChI is InChI=1S/C29H28N4O2/c1-32(2)26-11-7-19(18-30-26)8-12-27(34)33-15-13-23-22-5-3-4-6-24(22)31-28(23)29(33)21-9-10-25-20(17-21)14-16-35-25/h3-12,17-18,29,31H,13-16H2,1-2H3/b12-8+/t29-/m1/s1. The number of ether oxygens (including phenoxy) is 1. The van der Waals surface area contributed by atoms with Crippen LogP contribution in [0.15, 0.2) is 66.9 Å². The van der Waals surface area contributed by atoms with Crippen LogP contribution in [0.25, 0.3) is 17.0 Å². The van der Waals surface area contributed by atoms with E-state index in [9.17, 15) is 4.79 Å². The molecule has 2 aromatic carbocycles. The van der Waals surface area contributed by atoms with Crippen LogP contribution in [0.4, 0.5) is 5.82 Å². The summed E-state index contributed by atoms with van der Waals surface area (Å²) in [7, 11) is 3.92. The average molecular weight is 465 g/mol. The van der Waals surface area contributed by atoms with Crippen molar-refractivity contribution >= 4 is 28.7 Å². The number of H-pyrrole nitrogens is 1. The minimum absolute atomic E-state index is 0.00672. The SMILES string of the molecule is CN(C)c1ccc(/C=C/C(=O)N2CCc3c([nH]c4ccccc34)[C@H]2c2ccc3c(c2)CCO3)cn1. The topological polar surface area (TPSA) is 61.5 Å². The summed E-state index contributed by atoms with van der Waals surface area (Å²) in [6.45, 7) is 1.38. The van der Waals surface area contributed by atoms with Crippen molar-refractivity contribution in [1.82, 2.24) is 14.9 Å². The summed E-state index contributed by atoms with van der Waals surface area (Å²) in [4.78, 5) is 25.6. The van der Waals surface area contributed by atoms with Crippen molar-refractivity contribution in [2.45, 2.75) is 18.9 Å². The highest BCUT2D eigenvalue weighted by molar-refractivity contribution is 5.93. The molecule has 4 aromatic rings. The number of pyridine rings is 1. The number of rotatable bonds is 4. The number of hydrogen-bond donors (Lipinski definition) is 1. The number of nitrogens with zero attached hydrogens (tertiary/aromatic N) is 3. The van der Waals surface area contributed by atoms with Crippen LogP contribution in [0.3, 0.4) is 0 Å². The fourth-order valence-electron chi connectivity index (χ4n) is 5.23. The molecule has 6 rings (SSSR count). The molecule has 1 atom stereocenters. The average Bonchev–Trinajstić information content (AvgIpc) is 3.51. The maximum absolute atomic E-state index is 13.6. The Morgan fingerprint density at radius 2 is 2.03 bits per heavy atom. The highest BCUT2D eigenvalue weighted by atomic mass is 16.5. The fourth-order valence-corrected chi connectivity index (χ4v) is 5.23. The second-order valence-electron chi connectivity index (χ2n) is 9.39. The van der Waals surface area contributed by atoms with Gasteiger partial charge in [-0.05, 0) is 65.1 Å². The maximum Gasteiger partial charge on any atom is 0.247 e. The number of carbonyl (C=O) groups excluding carboxylic acids is 1. The third-order valence-electron chi connectivity index (χ3n) is 6.99. The number of para-hydroxylation sites is 1. The zero-order valence-electron chi connectivity index (χ0n) is 20.0. The second-order valence-corrected chi connectivity index (χ2v) is 9.39. The third-order valence-corrected chi connectivity index (χ3v) is 6.99. The molecule has 0 saturated heterocycles. The summed E-state index contributed by atoms with van der Waals surface area (Å²) in [6, 6.07) is 18.5. The molecule has 6 nitrogen and oxygen atoms in total. The Hall–Kier alpha value is -4.06. The van der Waals surface area contributed by atoms with E-state index in [-0.39, 0.29) is 11.9 Å². The summed E-state index contributed by atoms with van der Waals surface area (Å²) in [5, 5.41) is 1.24. The van der Waals surface area contributed by atoms with Gasteiger partial charge in [-0.2, -0.15) is 0 Å². The molecule has 2 aromatic heterocycles. The summed E-state index contributed by atoms with van der Waals surface area (Å²) >= 11 is 0. The van der Waals surface area contributed by atoms with Gasteiger partial charge in [0, 0.05) is 55.9 Å². The Bertz CT molecular complexity index is 1440. The molecule has 0 spiro atoms. The first-order valence-corrected chi connectivity index (χ1v) is 12.1. The molecule has 2 aliphatic heterocycles. The van der Waals surface area contributed by atoms with Gasteiger partial charge in [-0.3, -0.25) is 4.79 Å². The van der Waals surface area contributed by atoms with Crippen molar-refractivity contribution in [1.29, 1.82) is 0 Å². The number of fused-ring (bicyclic) bond motifs is 4. The van der Waals surface area contributed by atoms with Crippen LogP contribution in [0.1, 0.15) is 34.0 Å². The normalized spacial score (nSPS) is 16.9. The molecule has 1 N–H and O–H groups in total. The van der Waals surface area contributed by atoms with E-state index in [1.165, 1.54) is 16.5 Å². The van der Waals surface area contributed by atoms with Crippen LogP contribution in [0, 0.1) is 0 Å². The first kappa shape index (κ1) is 21.5. The second kappa shape index (κ2) is 8.62. The van der Waals surface area contributed by atoms with Gasteiger partial charge < -0.3 is 19.5 Å². The highest BCUT2D eigenvalue weighted by Gasteiger charge is 2.34. The largest absolute Gasteiger partial charge is 0.493 e. The van der Waals surface area contributed by atoms with E-state index < -0.39 is 0 Å². The number of nitrogens with one attached hydrogen (secondary N) is 1. The Kier molecular flexibility index (Phi) is 5.29. The van der Waals surface area contributed by atoms with E-state index in [0.717, 1.165) is 46.7 Å². The monoisotopic (exact) mass is 464 g/mol. The number of carbonyl (C=O) groups is 1. The predicted octanol–water partition coefficient (Wildman–Crippen LogP) is 4.75. The van der Waals surface area contributed by atoms with Crippen molar-refractivity contribution in [3.63, 3.8) is 0 Å². The van der Waals surface area contributed by atoms with Crippen LogP contribution in [-0.2, 0) is 17.6 Å². The molecule has 0 bridgehead atoms. The molecule has 0 fully saturated rings. The molecule has 4 heterocycles. The van der Waals surface area contributed by atoms with Gasteiger partial charge in [0.1, 0.15) is 11.6 Å². The summed E-state index contributed by atoms with van der Waals surface area (Å²) in [5.74, 6) is 1.83. The Balaban J connectivity index is 1.37. The minimum atomic E-state index is -0.177. The van der Waals surface area contributed by atoms with Crippen molar-refractivity contribution in [2.75, 3.05) is 32.1 Å². The Morgan fingerprint density at radius 1 is 1.14 bits per heavy atom. The van der Waals surface area contributed by atoms with E-state index >= 15 is 0 Å². The van der Waals surface area contributed by atoms with Crippen molar-refractivity contribution in [2.24, 2.45) is 0 Å². The first-order valence-electron chi connectivity index (χ1n) is 12.1. The van der Waals surface area contributed by atoms with Gasteiger partial charge >= 0.3 is 0 Å². The molecule has 176 valence electrons. The lowest BCUT2D eigenvalue weighted by Gasteiger charge is -2.36. The molecule has 0 aliphatic carbocycles. The van der Waals surface area contributed by atoms with Gasteiger partial charge in [0.05, 0.1) is 12.6 Å². The number of aromatic amines is 1. The van der Waals surface area contributed by atoms with Gasteiger partial charge in [-0.1, -0.05) is 24.3 Å². The lowest BCUT2D eigenvalue weighted by molar-refractivity contribution is -0.128.